The van der Waals surface area contributed by atoms with Gasteiger partial charge in [-0.05, 0) is 60.4 Å². The minimum atomic E-state index is -0.186. The number of furan rings is 1. The zero-order valence-electron chi connectivity index (χ0n) is 19.9. The van der Waals surface area contributed by atoms with Crippen LogP contribution in [0.2, 0.25) is 0 Å². The van der Waals surface area contributed by atoms with Crippen molar-refractivity contribution in [3.05, 3.63) is 109 Å². The number of allylic oxidation sites excluding steroid dienone is 3. The van der Waals surface area contributed by atoms with Crippen LogP contribution >= 0.6 is 0 Å². The van der Waals surface area contributed by atoms with Crippen molar-refractivity contribution in [1.29, 1.82) is 0 Å². The Morgan fingerprint density at radius 1 is 1.08 bits per heavy atom. The Morgan fingerprint density at radius 3 is 2.56 bits per heavy atom. The molecule has 0 aliphatic heterocycles. The third-order valence-electron chi connectivity index (χ3n) is 6.01. The molecule has 2 aromatic heterocycles. The number of fused-ring (bicyclic) bond motifs is 1. The van der Waals surface area contributed by atoms with Gasteiger partial charge in [-0.15, -0.1) is 0 Å². The van der Waals surface area contributed by atoms with Crippen LogP contribution < -0.4 is 14.8 Å². The standard InChI is InChI=1S/C30H26N2O4/c1-3-29(33)32-19-22-17-21(10-9-20(22)2)28-18-26-30(36-28)27(15-16-31-26)35-25-13-11-24(12-14-25)34-23-7-5-4-6-8-23/h3-8,10-18,20H,1,9,19H2,2H3,(H,32,33). The summed E-state index contributed by atoms with van der Waals surface area (Å²) in [5.74, 6) is 3.58. The average molecular weight is 479 g/mol. The number of benzene rings is 2. The summed E-state index contributed by atoms with van der Waals surface area (Å²) in [6, 6.07) is 20.8. The van der Waals surface area contributed by atoms with Gasteiger partial charge in [0.1, 0.15) is 28.5 Å². The fourth-order valence-corrected chi connectivity index (χ4v) is 3.98. The summed E-state index contributed by atoms with van der Waals surface area (Å²) in [6.07, 6.45) is 8.05. The van der Waals surface area contributed by atoms with Crippen molar-refractivity contribution < 1.29 is 18.7 Å². The molecule has 1 amide bonds. The molecule has 0 saturated carbocycles. The molecule has 6 heteroatoms. The molecule has 2 heterocycles. The topological polar surface area (TPSA) is 73.6 Å². The van der Waals surface area contributed by atoms with Gasteiger partial charge < -0.3 is 19.2 Å². The number of hydrogen-bond donors (Lipinski definition) is 1. The second-order valence-corrected chi connectivity index (χ2v) is 8.56. The number of aromatic nitrogens is 1. The Kier molecular flexibility index (Phi) is 6.67. The number of ether oxygens (including phenoxy) is 2. The Morgan fingerprint density at radius 2 is 1.81 bits per heavy atom. The molecule has 6 nitrogen and oxygen atoms in total. The lowest BCUT2D eigenvalue weighted by Gasteiger charge is -2.20. The van der Waals surface area contributed by atoms with Gasteiger partial charge in [-0.25, -0.2) is 0 Å². The van der Waals surface area contributed by atoms with E-state index in [1.54, 1.807) is 12.3 Å². The van der Waals surface area contributed by atoms with Gasteiger partial charge in [0.25, 0.3) is 0 Å². The summed E-state index contributed by atoms with van der Waals surface area (Å²) < 4.78 is 18.2. The highest BCUT2D eigenvalue weighted by Gasteiger charge is 2.19. The van der Waals surface area contributed by atoms with Gasteiger partial charge in [0, 0.05) is 30.4 Å². The Bertz CT molecular complexity index is 1450. The van der Waals surface area contributed by atoms with Crippen LogP contribution in [0.4, 0.5) is 0 Å². The number of amides is 1. The molecule has 1 N–H and O–H groups in total. The summed E-state index contributed by atoms with van der Waals surface area (Å²) >= 11 is 0. The first-order valence-electron chi connectivity index (χ1n) is 11.8. The van der Waals surface area contributed by atoms with Crippen molar-refractivity contribution in [2.45, 2.75) is 13.3 Å². The fraction of sp³-hybridized carbons (Fsp3) is 0.133. The monoisotopic (exact) mass is 478 g/mol. The molecule has 0 radical (unpaired) electrons. The highest BCUT2D eigenvalue weighted by Crippen LogP contribution is 2.36. The molecule has 5 rings (SSSR count). The third-order valence-corrected chi connectivity index (χ3v) is 6.01. The summed E-state index contributed by atoms with van der Waals surface area (Å²) in [5, 5.41) is 2.86. The van der Waals surface area contributed by atoms with Crippen molar-refractivity contribution in [3.8, 4) is 23.0 Å². The molecule has 180 valence electrons. The fourth-order valence-electron chi connectivity index (χ4n) is 3.98. The second-order valence-electron chi connectivity index (χ2n) is 8.56. The molecule has 1 aliphatic rings. The minimum absolute atomic E-state index is 0.186. The zero-order valence-corrected chi connectivity index (χ0v) is 19.9. The summed E-state index contributed by atoms with van der Waals surface area (Å²) in [6.45, 7) is 6.12. The molecule has 0 bridgehead atoms. The van der Waals surface area contributed by atoms with E-state index in [9.17, 15) is 4.79 Å². The maximum Gasteiger partial charge on any atom is 0.243 e. The Labute approximate surface area is 209 Å². The number of carbonyl (C=O) groups is 1. The average Bonchev–Trinajstić information content (AvgIpc) is 3.35. The van der Waals surface area contributed by atoms with E-state index in [1.165, 1.54) is 6.08 Å². The van der Waals surface area contributed by atoms with E-state index < -0.39 is 0 Å². The van der Waals surface area contributed by atoms with Crippen LogP contribution in [0.15, 0.2) is 108 Å². The van der Waals surface area contributed by atoms with Crippen LogP contribution in [0.25, 0.3) is 16.7 Å². The molecule has 0 saturated heterocycles. The number of pyridine rings is 1. The van der Waals surface area contributed by atoms with E-state index in [-0.39, 0.29) is 5.91 Å². The predicted octanol–water partition coefficient (Wildman–Crippen LogP) is 7.06. The van der Waals surface area contributed by atoms with Gasteiger partial charge in [-0.2, -0.15) is 0 Å². The Balaban J connectivity index is 1.34. The lowest BCUT2D eigenvalue weighted by molar-refractivity contribution is -0.116. The number of nitrogens with zero attached hydrogens (tertiary/aromatic N) is 1. The third kappa shape index (κ3) is 5.23. The van der Waals surface area contributed by atoms with Gasteiger partial charge in [-0.3, -0.25) is 9.78 Å². The van der Waals surface area contributed by atoms with Crippen molar-refractivity contribution in [2.75, 3.05) is 6.54 Å². The van der Waals surface area contributed by atoms with E-state index in [2.05, 4.69) is 36.0 Å². The van der Waals surface area contributed by atoms with Crippen LogP contribution in [0, 0.1) is 5.92 Å². The first-order chi connectivity index (χ1) is 17.6. The summed E-state index contributed by atoms with van der Waals surface area (Å²) in [5.41, 5.74) is 3.38. The number of para-hydroxylation sites is 1. The van der Waals surface area contributed by atoms with Crippen molar-refractivity contribution in [3.63, 3.8) is 0 Å². The second kappa shape index (κ2) is 10.4. The number of rotatable bonds is 8. The maximum atomic E-state index is 11.6. The van der Waals surface area contributed by atoms with Crippen LogP contribution in [0.5, 0.6) is 23.0 Å². The van der Waals surface area contributed by atoms with Crippen LogP contribution in [-0.2, 0) is 4.79 Å². The minimum Gasteiger partial charge on any atom is -0.457 e. The van der Waals surface area contributed by atoms with Crippen molar-refractivity contribution in [2.24, 2.45) is 5.92 Å². The molecular formula is C30H26N2O4. The predicted molar refractivity (Wildman–Crippen MR) is 140 cm³/mol. The lowest BCUT2D eigenvalue weighted by Crippen LogP contribution is -2.26. The SMILES string of the molecule is C=CC(=O)NCC1=CC(c2cc3nccc(Oc4ccc(Oc5ccccc5)cc4)c3o2)=CCC1C. The molecule has 2 aromatic carbocycles. The highest BCUT2D eigenvalue weighted by molar-refractivity contribution is 5.87. The van der Waals surface area contributed by atoms with Gasteiger partial charge >= 0.3 is 0 Å². The molecule has 1 aliphatic carbocycles. The van der Waals surface area contributed by atoms with Gasteiger partial charge in [0.2, 0.25) is 5.91 Å². The molecule has 0 fully saturated rings. The van der Waals surface area contributed by atoms with Crippen LogP contribution in [-0.4, -0.2) is 17.4 Å². The molecule has 4 aromatic rings. The number of carbonyl (C=O) groups excluding carboxylic acids is 1. The van der Waals surface area contributed by atoms with Gasteiger partial charge in [-0.1, -0.05) is 43.9 Å². The van der Waals surface area contributed by atoms with E-state index in [0.29, 0.717) is 40.8 Å². The highest BCUT2D eigenvalue weighted by atomic mass is 16.5. The molecule has 1 unspecified atom stereocenters. The zero-order chi connectivity index (χ0) is 24.9. The smallest absolute Gasteiger partial charge is 0.243 e. The largest absolute Gasteiger partial charge is 0.457 e. The molecular weight excluding hydrogens is 452 g/mol. The van der Waals surface area contributed by atoms with Crippen LogP contribution in [0.3, 0.4) is 0 Å². The summed E-state index contributed by atoms with van der Waals surface area (Å²) in [4.78, 5) is 16.1. The lowest BCUT2D eigenvalue weighted by atomic mass is 9.89. The number of hydrogen-bond acceptors (Lipinski definition) is 5. The van der Waals surface area contributed by atoms with Gasteiger partial charge in [0.15, 0.2) is 11.3 Å². The molecule has 1 atom stereocenters. The first-order valence-corrected chi connectivity index (χ1v) is 11.8. The van der Waals surface area contributed by atoms with Gasteiger partial charge in [0.05, 0.1) is 0 Å². The van der Waals surface area contributed by atoms with E-state index in [1.807, 2.05) is 60.7 Å². The van der Waals surface area contributed by atoms with E-state index in [0.717, 1.165) is 29.1 Å². The molecule has 0 spiro atoms. The van der Waals surface area contributed by atoms with Crippen molar-refractivity contribution >= 4 is 22.6 Å². The maximum absolute atomic E-state index is 11.6. The Hall–Kier alpha value is -4.58. The van der Waals surface area contributed by atoms with E-state index >= 15 is 0 Å². The quantitative estimate of drug-likeness (QED) is 0.274. The van der Waals surface area contributed by atoms with Crippen molar-refractivity contribution in [1.82, 2.24) is 10.3 Å². The first kappa shape index (κ1) is 23.2. The summed E-state index contributed by atoms with van der Waals surface area (Å²) in [7, 11) is 0. The molecule has 36 heavy (non-hydrogen) atoms. The van der Waals surface area contributed by atoms with Crippen LogP contribution in [0.1, 0.15) is 19.1 Å². The number of nitrogens with one attached hydrogen (secondary N) is 1. The van der Waals surface area contributed by atoms with E-state index in [4.69, 9.17) is 13.9 Å². The normalized spacial score (nSPS) is 15.1.